The molecular formula is C19H16F3N3O. The van der Waals surface area contributed by atoms with E-state index >= 15 is 0 Å². The van der Waals surface area contributed by atoms with Crippen LogP contribution in [0.1, 0.15) is 18.1 Å². The normalized spacial score (nSPS) is 11.4. The number of benzene rings is 2. The molecule has 134 valence electrons. The molecule has 1 amide bonds. The third kappa shape index (κ3) is 3.93. The Morgan fingerprint density at radius 2 is 1.81 bits per heavy atom. The number of nitrogens with one attached hydrogen (secondary N) is 1. The first-order valence-corrected chi connectivity index (χ1v) is 7.89. The Balaban J connectivity index is 1.90. The number of alkyl halides is 3. The van der Waals surface area contributed by atoms with Crippen LogP contribution >= 0.6 is 0 Å². The van der Waals surface area contributed by atoms with Gasteiger partial charge in [0.25, 0.3) is 0 Å². The molecule has 1 heterocycles. The zero-order chi connectivity index (χ0) is 18.7. The molecule has 0 aliphatic heterocycles. The van der Waals surface area contributed by atoms with E-state index in [4.69, 9.17) is 0 Å². The number of carbonyl (C=O) groups is 1. The van der Waals surface area contributed by atoms with Crippen molar-refractivity contribution in [2.45, 2.75) is 19.6 Å². The van der Waals surface area contributed by atoms with E-state index in [1.807, 2.05) is 0 Å². The van der Waals surface area contributed by atoms with Gasteiger partial charge in [0.15, 0.2) is 0 Å². The van der Waals surface area contributed by atoms with Crippen molar-refractivity contribution in [3.8, 4) is 11.4 Å². The van der Waals surface area contributed by atoms with Crippen molar-refractivity contribution in [1.82, 2.24) is 9.55 Å². The van der Waals surface area contributed by atoms with Gasteiger partial charge >= 0.3 is 6.18 Å². The van der Waals surface area contributed by atoms with Crippen molar-refractivity contribution in [3.05, 3.63) is 72.1 Å². The summed E-state index contributed by atoms with van der Waals surface area (Å²) in [6.07, 6.45) is -1.21. The minimum atomic E-state index is -4.41. The molecule has 0 unspecified atom stereocenters. The highest BCUT2D eigenvalue weighted by Crippen LogP contribution is 2.32. The number of aromatic nitrogens is 2. The molecule has 1 N–H and O–H groups in total. The molecule has 0 fully saturated rings. The van der Waals surface area contributed by atoms with E-state index in [1.54, 1.807) is 47.3 Å². The van der Waals surface area contributed by atoms with Crippen LogP contribution in [0.4, 0.5) is 18.9 Å². The Labute approximate surface area is 148 Å². The minimum absolute atomic E-state index is 0.0540. The number of nitrogens with zero attached hydrogens (tertiary/aromatic N) is 2. The molecule has 0 atom stereocenters. The molecule has 0 radical (unpaired) electrons. The predicted octanol–water partition coefficient (Wildman–Crippen LogP) is 4.58. The summed E-state index contributed by atoms with van der Waals surface area (Å²) in [5.41, 5.74) is 0.908. The molecule has 0 saturated heterocycles. The van der Waals surface area contributed by atoms with E-state index in [9.17, 15) is 18.0 Å². The second kappa shape index (κ2) is 7.03. The van der Waals surface area contributed by atoms with Gasteiger partial charge in [-0.25, -0.2) is 4.98 Å². The summed E-state index contributed by atoms with van der Waals surface area (Å²) in [6, 6.07) is 12.5. The van der Waals surface area contributed by atoms with E-state index in [0.717, 1.165) is 11.6 Å². The number of imidazole rings is 1. The smallest absolute Gasteiger partial charge is 0.327 e. The molecule has 4 nitrogen and oxygen atoms in total. The Hall–Kier alpha value is -3.09. The zero-order valence-corrected chi connectivity index (χ0v) is 13.9. The van der Waals surface area contributed by atoms with Gasteiger partial charge in [0.05, 0.1) is 5.56 Å². The van der Waals surface area contributed by atoms with Gasteiger partial charge in [-0.1, -0.05) is 18.2 Å². The Morgan fingerprint density at radius 3 is 2.46 bits per heavy atom. The molecule has 0 aliphatic carbocycles. The van der Waals surface area contributed by atoms with Gasteiger partial charge in [0.2, 0.25) is 5.91 Å². The van der Waals surface area contributed by atoms with Gasteiger partial charge in [0, 0.05) is 37.1 Å². The molecule has 0 spiro atoms. The van der Waals surface area contributed by atoms with Crippen LogP contribution < -0.4 is 5.32 Å². The number of rotatable bonds is 4. The van der Waals surface area contributed by atoms with Crippen molar-refractivity contribution in [2.75, 3.05) is 5.32 Å². The maximum atomic E-state index is 13.2. The monoisotopic (exact) mass is 359 g/mol. The lowest BCUT2D eigenvalue weighted by Crippen LogP contribution is -2.12. The fourth-order valence-electron chi connectivity index (χ4n) is 2.72. The number of carbonyl (C=O) groups excluding carboxylic acids is 1. The summed E-state index contributed by atoms with van der Waals surface area (Å²) in [6.45, 7) is 1.47. The molecular weight excluding hydrogens is 343 g/mol. The summed E-state index contributed by atoms with van der Waals surface area (Å²) in [5.74, 6) is 0.374. The summed E-state index contributed by atoms with van der Waals surface area (Å²) >= 11 is 0. The van der Waals surface area contributed by atoms with Crippen molar-refractivity contribution in [2.24, 2.45) is 0 Å². The van der Waals surface area contributed by atoms with Crippen LogP contribution in [0.15, 0.2) is 60.9 Å². The largest absolute Gasteiger partial charge is 0.416 e. The minimum Gasteiger partial charge on any atom is -0.327 e. The number of hydrogen-bond donors (Lipinski definition) is 1. The van der Waals surface area contributed by atoms with Crippen molar-refractivity contribution < 1.29 is 18.0 Å². The first-order chi connectivity index (χ1) is 12.3. The predicted molar refractivity (Wildman–Crippen MR) is 92.5 cm³/mol. The van der Waals surface area contributed by atoms with E-state index in [1.165, 1.54) is 19.1 Å². The summed E-state index contributed by atoms with van der Waals surface area (Å²) in [7, 11) is 0. The molecule has 0 saturated carbocycles. The highest BCUT2D eigenvalue weighted by molar-refractivity contribution is 5.88. The van der Waals surface area contributed by atoms with Gasteiger partial charge in [-0.2, -0.15) is 13.2 Å². The molecule has 0 aliphatic rings. The van der Waals surface area contributed by atoms with Gasteiger partial charge in [-0.15, -0.1) is 0 Å². The average molecular weight is 359 g/mol. The zero-order valence-electron chi connectivity index (χ0n) is 13.9. The molecule has 3 aromatic rings. The maximum absolute atomic E-state index is 13.2. The van der Waals surface area contributed by atoms with Crippen molar-refractivity contribution >= 4 is 11.6 Å². The van der Waals surface area contributed by atoms with Crippen LogP contribution in [0.5, 0.6) is 0 Å². The van der Waals surface area contributed by atoms with Crippen LogP contribution in [-0.2, 0) is 17.5 Å². The molecule has 2 aromatic carbocycles. The third-order valence-electron chi connectivity index (χ3n) is 3.84. The summed E-state index contributed by atoms with van der Waals surface area (Å²) < 4.78 is 41.2. The second-order valence-electron chi connectivity index (χ2n) is 5.79. The first kappa shape index (κ1) is 17.7. The van der Waals surface area contributed by atoms with Gasteiger partial charge in [-0.3, -0.25) is 4.79 Å². The van der Waals surface area contributed by atoms with Crippen molar-refractivity contribution in [3.63, 3.8) is 0 Å². The van der Waals surface area contributed by atoms with Gasteiger partial charge < -0.3 is 9.88 Å². The van der Waals surface area contributed by atoms with Crippen LogP contribution in [-0.4, -0.2) is 15.5 Å². The molecule has 1 aromatic heterocycles. The number of halogens is 3. The summed E-state index contributed by atoms with van der Waals surface area (Å²) in [4.78, 5) is 15.3. The number of hydrogen-bond acceptors (Lipinski definition) is 2. The quantitative estimate of drug-likeness (QED) is 0.741. The fourth-order valence-corrected chi connectivity index (χ4v) is 2.72. The third-order valence-corrected chi connectivity index (χ3v) is 3.84. The molecule has 7 heteroatoms. The molecule has 26 heavy (non-hydrogen) atoms. The topological polar surface area (TPSA) is 46.9 Å². The maximum Gasteiger partial charge on any atom is 0.416 e. The lowest BCUT2D eigenvalue weighted by Gasteiger charge is -2.14. The summed E-state index contributed by atoms with van der Waals surface area (Å²) in [5, 5.41) is 2.66. The van der Waals surface area contributed by atoms with Crippen LogP contribution in [0.25, 0.3) is 11.4 Å². The van der Waals surface area contributed by atoms with Crippen LogP contribution in [0.3, 0.4) is 0 Å². The Bertz CT molecular complexity index is 914. The van der Waals surface area contributed by atoms with E-state index in [-0.39, 0.29) is 18.0 Å². The van der Waals surface area contributed by atoms with Gasteiger partial charge in [0.1, 0.15) is 5.82 Å². The second-order valence-corrected chi connectivity index (χ2v) is 5.79. The highest BCUT2D eigenvalue weighted by atomic mass is 19.4. The highest BCUT2D eigenvalue weighted by Gasteiger charge is 2.32. The van der Waals surface area contributed by atoms with Crippen LogP contribution in [0.2, 0.25) is 0 Å². The average Bonchev–Trinajstić information content (AvgIpc) is 3.03. The lowest BCUT2D eigenvalue weighted by atomic mass is 10.1. The van der Waals surface area contributed by atoms with E-state index < -0.39 is 11.7 Å². The number of amides is 1. The van der Waals surface area contributed by atoms with Gasteiger partial charge in [-0.05, 0) is 35.9 Å². The SMILES string of the molecule is CC(=O)Nc1ccc(-c2nccn2Cc2ccccc2C(F)(F)F)cc1. The first-order valence-electron chi connectivity index (χ1n) is 7.89. The Kier molecular flexibility index (Phi) is 4.79. The van der Waals surface area contributed by atoms with Crippen molar-refractivity contribution in [1.29, 1.82) is 0 Å². The van der Waals surface area contributed by atoms with E-state index in [0.29, 0.717) is 11.5 Å². The Morgan fingerprint density at radius 1 is 1.12 bits per heavy atom. The molecule has 3 rings (SSSR count). The standard InChI is InChI=1S/C19H16F3N3O/c1-13(26)24-16-8-6-14(7-9-16)18-23-10-11-25(18)12-15-4-2-3-5-17(15)19(20,21)22/h2-11H,12H2,1H3,(H,24,26). The molecule has 0 bridgehead atoms. The number of anilines is 1. The fraction of sp³-hybridized carbons (Fsp3) is 0.158. The van der Waals surface area contributed by atoms with E-state index in [2.05, 4.69) is 10.3 Å². The lowest BCUT2D eigenvalue weighted by molar-refractivity contribution is -0.138. The van der Waals surface area contributed by atoms with Crippen LogP contribution in [0, 0.1) is 0 Å².